The lowest BCUT2D eigenvalue weighted by Gasteiger charge is -2.37. The highest BCUT2D eigenvalue weighted by Crippen LogP contribution is 2.22. The van der Waals surface area contributed by atoms with Crippen LogP contribution in [0.3, 0.4) is 0 Å². The highest BCUT2D eigenvalue weighted by molar-refractivity contribution is 5.79. The van der Waals surface area contributed by atoms with Gasteiger partial charge in [-0.2, -0.15) is 0 Å². The molecular formula is C44H90N2O6. The Hall–Kier alpha value is -0.770. The molecule has 6 N–H and O–H groups in total. The summed E-state index contributed by atoms with van der Waals surface area (Å²) < 4.78 is 0. The molecule has 0 radical (unpaired) electrons. The molecule has 0 aromatic rings. The SMILES string of the molecule is CCCCCCCCCCCCCCCCC(CCCCCCCCCCCCCCCC)C(=O)NC([C@H](O)[C@@H](O)[C@H](O)[C@H](O)CO)N(C)CCC. The van der Waals surface area contributed by atoms with Gasteiger partial charge in [0.15, 0.2) is 0 Å². The van der Waals surface area contributed by atoms with E-state index < -0.39 is 37.2 Å². The fourth-order valence-corrected chi connectivity index (χ4v) is 7.51. The summed E-state index contributed by atoms with van der Waals surface area (Å²) in [7, 11) is 1.77. The summed E-state index contributed by atoms with van der Waals surface area (Å²) in [6.45, 7) is 6.36. The molecule has 0 aliphatic carbocycles. The first-order chi connectivity index (χ1) is 25.2. The van der Waals surface area contributed by atoms with Gasteiger partial charge >= 0.3 is 0 Å². The van der Waals surface area contributed by atoms with Crippen LogP contribution >= 0.6 is 0 Å². The third-order valence-electron chi connectivity index (χ3n) is 11.1. The Labute approximate surface area is 322 Å². The molecule has 8 heteroatoms. The minimum absolute atomic E-state index is 0.124. The minimum atomic E-state index is -1.74. The summed E-state index contributed by atoms with van der Waals surface area (Å²) in [6.07, 6.45) is 31.1. The fourth-order valence-electron chi connectivity index (χ4n) is 7.51. The van der Waals surface area contributed by atoms with Crippen molar-refractivity contribution in [3.8, 4) is 0 Å². The van der Waals surface area contributed by atoms with Gasteiger partial charge in [0.05, 0.1) is 6.61 Å². The summed E-state index contributed by atoms with van der Waals surface area (Å²) in [6, 6.07) is 0. The molecule has 0 spiro atoms. The summed E-state index contributed by atoms with van der Waals surface area (Å²) in [5, 5.41) is 54.2. The molecule has 0 rings (SSSR count). The van der Waals surface area contributed by atoms with E-state index in [1.54, 1.807) is 11.9 Å². The molecule has 0 aliphatic rings. The van der Waals surface area contributed by atoms with Gasteiger partial charge in [-0.15, -0.1) is 0 Å². The summed E-state index contributed by atoms with van der Waals surface area (Å²) in [5.74, 6) is -0.301. The second-order valence-corrected chi connectivity index (χ2v) is 16.1. The maximum atomic E-state index is 13.8. The molecule has 0 heterocycles. The van der Waals surface area contributed by atoms with Crippen molar-refractivity contribution in [3.05, 3.63) is 0 Å². The Morgan fingerprint density at radius 1 is 0.481 bits per heavy atom. The van der Waals surface area contributed by atoms with E-state index in [-0.39, 0.29) is 11.8 Å². The standard InChI is InChI=1S/C44H90N2O6/c1-5-8-10-12-14-16-18-20-22-24-26-28-30-32-34-38(35-33-31-29-27-25-23-21-19-17-15-13-11-9-6-2)44(52)45-43(46(4)36-7-3)42(51)41(50)40(49)39(48)37-47/h38-43,47-51H,5-37H2,1-4H3,(H,45,52)/t39-,40-,41+,42-,43?/m1/s1. The van der Waals surface area contributed by atoms with Gasteiger partial charge in [-0.05, 0) is 32.9 Å². The van der Waals surface area contributed by atoms with Gasteiger partial charge in [0.25, 0.3) is 0 Å². The lowest BCUT2D eigenvalue weighted by Crippen LogP contribution is -2.61. The second-order valence-electron chi connectivity index (χ2n) is 16.1. The third kappa shape index (κ3) is 27.8. The van der Waals surface area contributed by atoms with Crippen LogP contribution in [-0.4, -0.2) is 87.1 Å². The van der Waals surface area contributed by atoms with Crippen molar-refractivity contribution in [1.82, 2.24) is 10.2 Å². The van der Waals surface area contributed by atoms with Gasteiger partial charge < -0.3 is 30.8 Å². The number of carbonyl (C=O) groups is 1. The van der Waals surface area contributed by atoms with Crippen molar-refractivity contribution in [1.29, 1.82) is 0 Å². The van der Waals surface area contributed by atoms with Crippen LogP contribution < -0.4 is 5.32 Å². The molecule has 1 amide bonds. The van der Waals surface area contributed by atoms with Crippen LogP contribution in [0.4, 0.5) is 0 Å². The number of rotatable bonds is 40. The summed E-state index contributed by atoms with van der Waals surface area (Å²) in [4.78, 5) is 15.6. The number of unbranched alkanes of at least 4 members (excludes halogenated alkanes) is 26. The van der Waals surface area contributed by atoms with Crippen molar-refractivity contribution in [2.24, 2.45) is 5.92 Å². The van der Waals surface area contributed by atoms with Crippen LogP contribution in [0.2, 0.25) is 0 Å². The minimum Gasteiger partial charge on any atom is -0.394 e. The van der Waals surface area contributed by atoms with Crippen molar-refractivity contribution < 1.29 is 30.3 Å². The van der Waals surface area contributed by atoms with Crippen LogP contribution in [0.25, 0.3) is 0 Å². The number of aliphatic hydroxyl groups is 5. The number of hydrogen-bond acceptors (Lipinski definition) is 7. The zero-order valence-corrected chi connectivity index (χ0v) is 34.9. The maximum Gasteiger partial charge on any atom is 0.224 e. The van der Waals surface area contributed by atoms with E-state index in [4.69, 9.17) is 0 Å². The number of amides is 1. The molecule has 1 unspecified atom stereocenters. The highest BCUT2D eigenvalue weighted by Gasteiger charge is 2.37. The Balaban J connectivity index is 4.86. The van der Waals surface area contributed by atoms with Gasteiger partial charge in [0.1, 0.15) is 30.6 Å². The van der Waals surface area contributed by atoms with E-state index in [1.807, 2.05) is 6.92 Å². The molecule has 0 bridgehead atoms. The first kappa shape index (κ1) is 51.2. The van der Waals surface area contributed by atoms with E-state index in [1.165, 1.54) is 154 Å². The van der Waals surface area contributed by atoms with Crippen molar-refractivity contribution in [2.45, 2.75) is 250 Å². The van der Waals surface area contributed by atoms with Crippen LogP contribution in [0.1, 0.15) is 220 Å². The molecular weight excluding hydrogens is 652 g/mol. The molecule has 0 aromatic heterocycles. The largest absolute Gasteiger partial charge is 0.394 e. The van der Waals surface area contributed by atoms with Crippen molar-refractivity contribution in [3.63, 3.8) is 0 Å². The third-order valence-corrected chi connectivity index (χ3v) is 11.1. The topological polar surface area (TPSA) is 133 Å². The molecule has 5 atom stereocenters. The monoisotopic (exact) mass is 743 g/mol. The van der Waals surface area contributed by atoms with Crippen molar-refractivity contribution in [2.75, 3.05) is 20.2 Å². The van der Waals surface area contributed by atoms with Gasteiger partial charge in [0, 0.05) is 5.92 Å². The van der Waals surface area contributed by atoms with Gasteiger partial charge in [-0.3, -0.25) is 9.69 Å². The van der Waals surface area contributed by atoms with E-state index in [0.717, 1.165) is 44.9 Å². The number of nitrogens with zero attached hydrogens (tertiary/aromatic N) is 1. The number of likely N-dealkylation sites (N-methyl/N-ethyl adjacent to an activating group) is 1. The first-order valence-corrected chi connectivity index (χ1v) is 22.6. The lowest BCUT2D eigenvalue weighted by molar-refractivity contribution is -0.143. The maximum absolute atomic E-state index is 13.8. The summed E-state index contributed by atoms with van der Waals surface area (Å²) >= 11 is 0. The molecule has 0 aliphatic heterocycles. The van der Waals surface area contributed by atoms with Crippen LogP contribution in [0, 0.1) is 5.92 Å². The molecule has 0 saturated heterocycles. The van der Waals surface area contributed by atoms with Gasteiger partial charge in [-0.1, -0.05) is 201 Å². The Bertz CT molecular complexity index is 726. The van der Waals surface area contributed by atoms with Crippen molar-refractivity contribution >= 4 is 5.91 Å². The Morgan fingerprint density at radius 2 is 0.808 bits per heavy atom. The van der Waals surface area contributed by atoms with E-state index in [9.17, 15) is 30.3 Å². The number of nitrogens with one attached hydrogen (secondary N) is 1. The van der Waals surface area contributed by atoms with Crippen LogP contribution in [-0.2, 0) is 4.79 Å². The van der Waals surface area contributed by atoms with Crippen LogP contribution in [0.5, 0.6) is 0 Å². The fraction of sp³-hybridized carbons (Fsp3) is 0.977. The molecule has 0 fully saturated rings. The van der Waals surface area contributed by atoms with Crippen LogP contribution in [0.15, 0.2) is 0 Å². The first-order valence-electron chi connectivity index (χ1n) is 22.6. The van der Waals surface area contributed by atoms with E-state index >= 15 is 0 Å². The molecule has 0 aromatic carbocycles. The molecule has 0 saturated carbocycles. The van der Waals surface area contributed by atoms with Gasteiger partial charge in [-0.25, -0.2) is 0 Å². The Kier molecular flexibility index (Phi) is 36.6. The number of carbonyl (C=O) groups excluding carboxylic acids is 1. The predicted octanol–water partition coefficient (Wildman–Crippen LogP) is 9.57. The highest BCUT2D eigenvalue weighted by atomic mass is 16.4. The normalized spacial score (nSPS) is 14.9. The quantitative estimate of drug-likeness (QED) is 0.0272. The zero-order valence-electron chi connectivity index (χ0n) is 34.9. The predicted molar refractivity (Wildman–Crippen MR) is 219 cm³/mol. The lowest BCUT2D eigenvalue weighted by atomic mass is 9.92. The number of hydrogen-bond donors (Lipinski definition) is 6. The molecule has 52 heavy (non-hydrogen) atoms. The van der Waals surface area contributed by atoms with E-state index in [2.05, 4.69) is 19.2 Å². The smallest absolute Gasteiger partial charge is 0.224 e. The van der Waals surface area contributed by atoms with E-state index in [0.29, 0.717) is 6.54 Å². The zero-order chi connectivity index (χ0) is 38.7. The number of aliphatic hydroxyl groups excluding tert-OH is 5. The molecule has 8 nitrogen and oxygen atoms in total. The van der Waals surface area contributed by atoms with Gasteiger partial charge in [0.2, 0.25) is 5.91 Å². The average Bonchev–Trinajstić information content (AvgIpc) is 3.14. The Morgan fingerprint density at radius 3 is 1.12 bits per heavy atom. The molecule has 312 valence electrons. The summed E-state index contributed by atoms with van der Waals surface area (Å²) in [5.41, 5.74) is 0. The second kappa shape index (κ2) is 37.2. The average molecular weight is 743 g/mol.